The number of ether oxygens (including phenoxy) is 1. The molecule has 0 fully saturated rings. The number of hydrogen-bond donors (Lipinski definition) is 1. The average molecular weight is 357 g/mol. The van der Waals surface area contributed by atoms with E-state index in [0.29, 0.717) is 31.0 Å². The lowest BCUT2D eigenvalue weighted by Gasteiger charge is -2.25. The predicted molar refractivity (Wildman–Crippen MR) is 92.2 cm³/mol. The van der Waals surface area contributed by atoms with Gasteiger partial charge < -0.3 is 14.7 Å². The topological polar surface area (TPSA) is 79.7 Å². The van der Waals surface area contributed by atoms with Gasteiger partial charge in [0.25, 0.3) is 0 Å². The summed E-state index contributed by atoms with van der Waals surface area (Å²) in [6.45, 7) is 5.86. The van der Waals surface area contributed by atoms with Gasteiger partial charge in [-0.25, -0.2) is 9.78 Å². The molecule has 0 saturated heterocycles. The molecule has 6 nitrogen and oxygen atoms in total. The van der Waals surface area contributed by atoms with Crippen LogP contribution in [0, 0.1) is 5.92 Å². The van der Waals surface area contributed by atoms with Crippen molar-refractivity contribution in [3.8, 4) is 0 Å². The van der Waals surface area contributed by atoms with Gasteiger partial charge in [0.2, 0.25) is 0 Å². The summed E-state index contributed by atoms with van der Waals surface area (Å²) in [7, 11) is 1.65. The number of halogens is 1. The van der Waals surface area contributed by atoms with Crippen molar-refractivity contribution in [2.45, 2.75) is 45.6 Å². The second-order valence-corrected chi connectivity index (χ2v) is 7.16. The number of hydrogen-bond acceptors (Lipinski definition) is 4. The molecule has 134 valence electrons. The fourth-order valence-electron chi connectivity index (χ4n) is 2.13. The minimum Gasteiger partial charge on any atom is -0.481 e. The number of amides is 1. The van der Waals surface area contributed by atoms with Crippen molar-refractivity contribution in [3.05, 3.63) is 29.0 Å². The highest BCUT2D eigenvalue weighted by atomic mass is 35.5. The number of nitrogens with zero attached hydrogens (tertiary/aromatic N) is 2. The van der Waals surface area contributed by atoms with Gasteiger partial charge in [0.05, 0.1) is 5.92 Å². The molecule has 1 aromatic heterocycles. The fourth-order valence-corrected chi connectivity index (χ4v) is 2.24. The van der Waals surface area contributed by atoms with Crippen LogP contribution in [0.25, 0.3) is 0 Å². The lowest BCUT2D eigenvalue weighted by atomic mass is 9.95. The highest BCUT2D eigenvalue weighted by molar-refractivity contribution is 6.29. The summed E-state index contributed by atoms with van der Waals surface area (Å²) < 4.78 is 5.26. The van der Waals surface area contributed by atoms with Gasteiger partial charge in [0.15, 0.2) is 0 Å². The molecular weight excluding hydrogens is 332 g/mol. The van der Waals surface area contributed by atoms with Crippen LogP contribution < -0.4 is 0 Å². The summed E-state index contributed by atoms with van der Waals surface area (Å²) in [6.07, 6.45) is 2.61. The Bertz CT molecular complexity index is 555. The summed E-state index contributed by atoms with van der Waals surface area (Å²) in [5, 5.41) is 9.74. The van der Waals surface area contributed by atoms with Crippen molar-refractivity contribution in [2.75, 3.05) is 13.6 Å². The molecule has 1 N–H and O–H groups in total. The zero-order valence-electron chi connectivity index (χ0n) is 14.6. The lowest BCUT2D eigenvalue weighted by Crippen LogP contribution is -2.35. The van der Waals surface area contributed by atoms with Gasteiger partial charge in [-0.3, -0.25) is 4.79 Å². The Morgan fingerprint density at radius 1 is 1.38 bits per heavy atom. The van der Waals surface area contributed by atoms with Gasteiger partial charge >= 0.3 is 12.1 Å². The van der Waals surface area contributed by atoms with E-state index >= 15 is 0 Å². The van der Waals surface area contributed by atoms with E-state index in [9.17, 15) is 14.7 Å². The first-order valence-electron chi connectivity index (χ1n) is 7.86. The number of carbonyl (C=O) groups excluding carboxylic acids is 1. The summed E-state index contributed by atoms with van der Waals surface area (Å²) in [5.41, 5.74) is 0.281. The second-order valence-electron chi connectivity index (χ2n) is 6.77. The largest absolute Gasteiger partial charge is 0.481 e. The number of aromatic nitrogens is 1. The zero-order chi connectivity index (χ0) is 18.3. The molecule has 0 aromatic carbocycles. The van der Waals surface area contributed by atoms with Gasteiger partial charge in [-0.05, 0) is 51.7 Å². The van der Waals surface area contributed by atoms with Crippen molar-refractivity contribution < 1.29 is 19.4 Å². The first-order chi connectivity index (χ1) is 11.1. The maximum atomic E-state index is 11.9. The first-order valence-corrected chi connectivity index (χ1v) is 8.23. The average Bonchev–Trinajstić information content (AvgIpc) is 2.46. The third kappa shape index (κ3) is 7.64. The Balaban J connectivity index is 2.48. The van der Waals surface area contributed by atoms with Gasteiger partial charge in [-0.1, -0.05) is 17.7 Å². The Morgan fingerprint density at radius 3 is 2.54 bits per heavy atom. The molecule has 0 aliphatic carbocycles. The normalized spacial score (nSPS) is 12.5. The molecule has 7 heteroatoms. The second kappa shape index (κ2) is 8.87. The van der Waals surface area contributed by atoms with E-state index in [-0.39, 0.29) is 0 Å². The standard InChI is InChI=1S/C17H25ClN2O4/c1-17(2,3)24-16(23)20(4)9-5-6-13(15(21)22)10-12-7-8-14(18)19-11-12/h7-8,11,13H,5-6,9-10H2,1-4H3,(H,21,22). The Labute approximate surface area is 147 Å². The highest BCUT2D eigenvalue weighted by Gasteiger charge is 2.21. The summed E-state index contributed by atoms with van der Waals surface area (Å²) >= 11 is 5.73. The minimum absolute atomic E-state index is 0.379. The lowest BCUT2D eigenvalue weighted by molar-refractivity contribution is -0.142. The molecule has 0 aliphatic heterocycles. The minimum atomic E-state index is -0.857. The zero-order valence-corrected chi connectivity index (χ0v) is 15.3. The van der Waals surface area contributed by atoms with Crippen molar-refractivity contribution in [1.29, 1.82) is 0 Å². The molecule has 1 atom stereocenters. The Morgan fingerprint density at radius 2 is 2.04 bits per heavy atom. The van der Waals surface area contributed by atoms with Gasteiger partial charge in [0.1, 0.15) is 10.8 Å². The maximum Gasteiger partial charge on any atom is 0.410 e. The van der Waals surface area contributed by atoms with Crippen LogP contribution in [-0.4, -0.2) is 46.2 Å². The van der Waals surface area contributed by atoms with E-state index in [4.69, 9.17) is 16.3 Å². The number of carboxylic acids is 1. The van der Waals surface area contributed by atoms with E-state index in [2.05, 4.69) is 4.98 Å². The van der Waals surface area contributed by atoms with Crippen LogP contribution in [0.2, 0.25) is 5.15 Å². The molecule has 1 unspecified atom stereocenters. The first kappa shape index (κ1) is 20.2. The molecular formula is C17H25ClN2O4. The predicted octanol–water partition coefficient (Wildman–Crippen LogP) is 3.63. The summed E-state index contributed by atoms with van der Waals surface area (Å²) in [4.78, 5) is 28.7. The molecule has 24 heavy (non-hydrogen) atoms. The van der Waals surface area contributed by atoms with Crippen molar-refractivity contribution in [3.63, 3.8) is 0 Å². The van der Waals surface area contributed by atoms with E-state index in [1.165, 1.54) is 4.90 Å². The molecule has 1 rings (SSSR count). The monoisotopic (exact) mass is 356 g/mol. The Kier molecular flexibility index (Phi) is 7.48. The van der Waals surface area contributed by atoms with Crippen LogP contribution in [0.15, 0.2) is 18.3 Å². The van der Waals surface area contributed by atoms with Crippen LogP contribution >= 0.6 is 11.6 Å². The van der Waals surface area contributed by atoms with Crippen molar-refractivity contribution >= 4 is 23.7 Å². The summed E-state index contributed by atoms with van der Waals surface area (Å²) in [5.74, 6) is -1.38. The Hall–Kier alpha value is -1.82. The van der Waals surface area contributed by atoms with Crippen LogP contribution in [-0.2, 0) is 16.0 Å². The number of aliphatic carboxylic acids is 1. The molecule has 0 aliphatic rings. The molecule has 0 spiro atoms. The third-order valence-electron chi connectivity index (χ3n) is 3.37. The molecule has 1 aromatic rings. The quantitative estimate of drug-likeness (QED) is 0.754. The maximum absolute atomic E-state index is 11.9. The molecule has 0 saturated carbocycles. The summed E-state index contributed by atoms with van der Waals surface area (Å²) in [6, 6.07) is 3.42. The number of carbonyl (C=O) groups is 2. The van der Waals surface area contributed by atoms with E-state index < -0.39 is 23.6 Å². The number of rotatable bonds is 7. The molecule has 0 radical (unpaired) electrons. The molecule has 0 bridgehead atoms. The van der Waals surface area contributed by atoms with Gasteiger partial charge in [0, 0.05) is 19.8 Å². The van der Waals surface area contributed by atoms with E-state index in [0.717, 1.165) is 5.56 Å². The van der Waals surface area contributed by atoms with Gasteiger partial charge in [-0.15, -0.1) is 0 Å². The van der Waals surface area contributed by atoms with Crippen molar-refractivity contribution in [2.24, 2.45) is 5.92 Å². The number of pyridine rings is 1. The van der Waals surface area contributed by atoms with Gasteiger partial charge in [-0.2, -0.15) is 0 Å². The SMILES string of the molecule is CN(CCCC(Cc1ccc(Cl)nc1)C(=O)O)C(=O)OC(C)(C)C. The molecule has 1 amide bonds. The molecule has 1 heterocycles. The van der Waals surface area contributed by atoms with E-state index in [1.54, 1.807) is 46.1 Å². The smallest absolute Gasteiger partial charge is 0.410 e. The highest BCUT2D eigenvalue weighted by Crippen LogP contribution is 2.16. The number of carboxylic acid groups (broad SMARTS) is 1. The van der Waals surface area contributed by atoms with Crippen LogP contribution in [0.1, 0.15) is 39.2 Å². The van der Waals surface area contributed by atoms with E-state index in [1.807, 2.05) is 0 Å². The van der Waals surface area contributed by atoms with Crippen molar-refractivity contribution in [1.82, 2.24) is 9.88 Å². The third-order valence-corrected chi connectivity index (χ3v) is 3.59. The van der Waals surface area contributed by atoms with Crippen LogP contribution in [0.4, 0.5) is 4.79 Å². The van der Waals surface area contributed by atoms with Crippen LogP contribution in [0.3, 0.4) is 0 Å². The fraction of sp³-hybridized carbons (Fsp3) is 0.588. The van der Waals surface area contributed by atoms with Crippen LogP contribution in [0.5, 0.6) is 0 Å².